The van der Waals surface area contributed by atoms with Crippen molar-refractivity contribution in [3.63, 3.8) is 0 Å². The molecule has 0 aliphatic carbocycles. The van der Waals surface area contributed by atoms with Crippen LogP contribution in [-0.4, -0.2) is 58.4 Å². The van der Waals surface area contributed by atoms with Gasteiger partial charge in [-0.05, 0) is 31.0 Å². The predicted octanol–water partition coefficient (Wildman–Crippen LogP) is 2.26. The summed E-state index contributed by atoms with van der Waals surface area (Å²) in [5, 5.41) is 10.4. The highest BCUT2D eigenvalue weighted by molar-refractivity contribution is 5.82. The number of benzene rings is 1. The van der Waals surface area contributed by atoms with Crippen LogP contribution in [0.25, 0.3) is 10.9 Å². The maximum absolute atomic E-state index is 13.4. The highest BCUT2D eigenvalue weighted by Gasteiger charge is 2.29. The second-order valence-corrected chi connectivity index (χ2v) is 9.06. The highest BCUT2D eigenvalue weighted by Crippen LogP contribution is 2.28. The van der Waals surface area contributed by atoms with Crippen molar-refractivity contribution in [2.24, 2.45) is 5.41 Å². The number of aliphatic hydroxyl groups excluding tert-OH is 1. The Hall–Kier alpha value is -1.92. The average Bonchev–Trinajstić information content (AvgIpc) is 3.03. The number of rotatable bonds is 5. The summed E-state index contributed by atoms with van der Waals surface area (Å²) in [6.07, 6.45) is 3.08. The Morgan fingerprint density at radius 2 is 1.93 bits per heavy atom. The molecule has 28 heavy (non-hydrogen) atoms. The topological polar surface area (TPSA) is 61.6 Å². The molecule has 5 rings (SSSR count). The first-order valence-electron chi connectivity index (χ1n) is 10.6. The van der Waals surface area contributed by atoms with Gasteiger partial charge in [-0.25, -0.2) is 4.98 Å². The largest absolute Gasteiger partial charge is 0.396 e. The fourth-order valence-corrected chi connectivity index (χ4v) is 4.57. The second-order valence-electron chi connectivity index (χ2n) is 9.06. The molecule has 6 heteroatoms. The number of piperidine rings is 1. The van der Waals surface area contributed by atoms with Gasteiger partial charge >= 0.3 is 0 Å². The van der Waals surface area contributed by atoms with Gasteiger partial charge in [0.1, 0.15) is 5.82 Å². The molecule has 3 aliphatic heterocycles. The molecular weight excluding hydrogens is 352 g/mol. The number of aromatic nitrogens is 2. The summed E-state index contributed by atoms with van der Waals surface area (Å²) in [7, 11) is 0. The molecule has 0 saturated carbocycles. The van der Waals surface area contributed by atoms with Gasteiger partial charge in [0.2, 0.25) is 0 Å². The Kier molecular flexibility index (Phi) is 5.19. The van der Waals surface area contributed by atoms with Crippen LogP contribution < -0.4 is 10.5 Å². The molecule has 152 valence electrons. The van der Waals surface area contributed by atoms with Crippen LogP contribution in [0.4, 0.5) is 5.69 Å². The van der Waals surface area contributed by atoms with E-state index in [1.165, 1.54) is 25.9 Å². The van der Waals surface area contributed by atoms with Crippen LogP contribution >= 0.6 is 0 Å². The first-order valence-corrected chi connectivity index (χ1v) is 10.6. The fourth-order valence-electron chi connectivity index (χ4n) is 4.57. The van der Waals surface area contributed by atoms with Crippen LogP contribution in [0.2, 0.25) is 0 Å². The second kappa shape index (κ2) is 7.48. The van der Waals surface area contributed by atoms with E-state index < -0.39 is 0 Å². The van der Waals surface area contributed by atoms with Crippen LogP contribution in [0.3, 0.4) is 0 Å². The minimum atomic E-state index is -0.362. The molecule has 0 atom stereocenters. The summed E-state index contributed by atoms with van der Waals surface area (Å²) >= 11 is 0. The van der Waals surface area contributed by atoms with Crippen LogP contribution in [0, 0.1) is 5.41 Å². The van der Waals surface area contributed by atoms with E-state index in [2.05, 4.69) is 15.9 Å². The van der Waals surface area contributed by atoms with Gasteiger partial charge in [-0.2, -0.15) is 0 Å². The Labute approximate surface area is 166 Å². The zero-order chi connectivity index (χ0) is 19.9. The number of nitrogens with zero attached hydrogens (tertiary/aromatic N) is 4. The molecule has 1 N–H and O–H groups in total. The van der Waals surface area contributed by atoms with E-state index in [-0.39, 0.29) is 17.6 Å². The average molecular weight is 385 g/mol. The highest BCUT2D eigenvalue weighted by atomic mass is 16.3. The number of hydrogen-bond donors (Lipinski definition) is 1. The molecule has 0 spiro atoms. The van der Waals surface area contributed by atoms with Crippen LogP contribution in [0.5, 0.6) is 0 Å². The first-order chi connectivity index (χ1) is 13.4. The van der Waals surface area contributed by atoms with Gasteiger partial charge in [0, 0.05) is 62.9 Å². The maximum Gasteiger partial charge on any atom is 0.261 e. The van der Waals surface area contributed by atoms with Gasteiger partial charge in [0.25, 0.3) is 5.56 Å². The number of aryl methyl sites for hydroxylation is 1. The third-order valence-corrected chi connectivity index (χ3v) is 6.33. The smallest absolute Gasteiger partial charge is 0.261 e. The summed E-state index contributed by atoms with van der Waals surface area (Å²) in [5.74, 6) is 0.785. The van der Waals surface area contributed by atoms with E-state index in [1.54, 1.807) is 4.57 Å². The molecule has 1 aromatic carbocycles. The van der Waals surface area contributed by atoms with E-state index in [9.17, 15) is 9.90 Å². The molecule has 2 bridgehead atoms. The van der Waals surface area contributed by atoms with Crippen molar-refractivity contribution in [2.45, 2.75) is 52.6 Å². The van der Waals surface area contributed by atoms with Gasteiger partial charge in [-0.1, -0.05) is 20.8 Å². The van der Waals surface area contributed by atoms with Crippen molar-refractivity contribution in [2.75, 3.05) is 37.7 Å². The Morgan fingerprint density at radius 1 is 1.18 bits per heavy atom. The molecule has 6 nitrogen and oxygen atoms in total. The van der Waals surface area contributed by atoms with Gasteiger partial charge in [0.15, 0.2) is 0 Å². The Bertz CT molecular complexity index is 913. The van der Waals surface area contributed by atoms with Crippen molar-refractivity contribution in [1.29, 1.82) is 0 Å². The number of hydrogen-bond acceptors (Lipinski definition) is 5. The van der Waals surface area contributed by atoms with Gasteiger partial charge in [0.05, 0.1) is 10.9 Å². The quantitative estimate of drug-likeness (QED) is 0.857. The molecule has 3 aliphatic rings. The van der Waals surface area contributed by atoms with Gasteiger partial charge in [-0.3, -0.25) is 9.36 Å². The molecule has 3 fully saturated rings. The lowest BCUT2D eigenvalue weighted by atomic mass is 9.94. The fraction of sp³-hybridized carbons (Fsp3) is 0.636. The molecule has 0 amide bonds. The van der Waals surface area contributed by atoms with Crippen LogP contribution in [-0.2, 0) is 13.0 Å². The Morgan fingerprint density at radius 3 is 2.61 bits per heavy atom. The monoisotopic (exact) mass is 384 g/mol. The number of anilines is 1. The number of fused-ring (bicyclic) bond motifs is 5. The molecule has 1 aromatic heterocycles. The van der Waals surface area contributed by atoms with Crippen molar-refractivity contribution in [1.82, 2.24) is 14.5 Å². The minimum absolute atomic E-state index is 0.00750. The summed E-state index contributed by atoms with van der Waals surface area (Å²) < 4.78 is 1.77. The molecule has 2 aromatic rings. The van der Waals surface area contributed by atoms with E-state index >= 15 is 0 Å². The lowest BCUT2D eigenvalue weighted by Crippen LogP contribution is -2.38. The summed E-state index contributed by atoms with van der Waals surface area (Å²) in [5.41, 5.74) is 1.55. The van der Waals surface area contributed by atoms with Gasteiger partial charge in [-0.15, -0.1) is 0 Å². The lowest BCUT2D eigenvalue weighted by molar-refractivity contribution is 0.138. The summed E-state index contributed by atoms with van der Waals surface area (Å²) in [6.45, 7) is 10.9. The van der Waals surface area contributed by atoms with E-state index in [4.69, 9.17) is 4.98 Å². The van der Waals surface area contributed by atoms with E-state index in [1.807, 2.05) is 32.9 Å². The third-order valence-electron chi connectivity index (χ3n) is 6.33. The SMILES string of the molecule is CCc1nc2ccc(N3CCN4CCC3CC4)cc2c(=O)n1CC(C)(C)CO. The summed E-state index contributed by atoms with van der Waals surface area (Å²) in [6, 6.07) is 6.74. The van der Waals surface area contributed by atoms with Crippen molar-refractivity contribution < 1.29 is 5.11 Å². The molecule has 0 unspecified atom stereocenters. The van der Waals surface area contributed by atoms with Gasteiger partial charge < -0.3 is 14.9 Å². The molecule has 0 radical (unpaired) electrons. The zero-order valence-electron chi connectivity index (χ0n) is 17.3. The minimum Gasteiger partial charge on any atom is -0.396 e. The van der Waals surface area contributed by atoms with Crippen LogP contribution in [0.15, 0.2) is 23.0 Å². The Balaban J connectivity index is 1.78. The molecular formula is C22H32N4O2. The third kappa shape index (κ3) is 3.55. The molecule has 3 saturated heterocycles. The van der Waals surface area contributed by atoms with Crippen LogP contribution in [0.1, 0.15) is 39.4 Å². The number of aliphatic hydroxyl groups is 1. The van der Waals surface area contributed by atoms with Crippen molar-refractivity contribution >= 4 is 16.6 Å². The van der Waals surface area contributed by atoms with E-state index in [0.717, 1.165) is 30.1 Å². The van der Waals surface area contributed by atoms with Crippen molar-refractivity contribution in [3.05, 3.63) is 34.4 Å². The first kappa shape index (κ1) is 19.4. The van der Waals surface area contributed by atoms with E-state index in [0.29, 0.717) is 24.4 Å². The lowest BCUT2D eigenvalue weighted by Gasteiger charge is -2.33. The zero-order valence-corrected chi connectivity index (χ0v) is 17.3. The predicted molar refractivity (Wildman–Crippen MR) is 113 cm³/mol. The standard InChI is InChI=1S/C22H32N4O2/c1-4-20-23-19-6-5-17(25-12-11-24-9-7-16(25)8-10-24)13-18(19)21(28)26(20)14-22(2,3)15-27/h5-6,13,16,27H,4,7-12,14-15H2,1-3H3. The van der Waals surface area contributed by atoms with Crippen molar-refractivity contribution in [3.8, 4) is 0 Å². The summed E-state index contributed by atoms with van der Waals surface area (Å²) in [4.78, 5) is 23.2. The molecule has 4 heterocycles. The maximum atomic E-state index is 13.4. The normalized spacial score (nSPS) is 22.6.